The highest BCUT2D eigenvalue weighted by molar-refractivity contribution is 6.34. The zero-order valence-corrected chi connectivity index (χ0v) is 26.0. The highest BCUT2D eigenvalue weighted by atomic mass is 35.5. The number of ketones is 1. The third-order valence-electron chi connectivity index (χ3n) is 6.71. The Labute approximate surface area is 246 Å². The van der Waals surface area contributed by atoms with Crippen LogP contribution in [0.4, 0.5) is 5.69 Å². The molecule has 0 aromatic heterocycles. The van der Waals surface area contributed by atoms with E-state index in [1.54, 1.807) is 20.8 Å². The molecular weight excluding hydrogens is 530 g/mol. The largest absolute Gasteiger partial charge is 0.463 e. The van der Waals surface area contributed by atoms with Crippen LogP contribution in [0.2, 0.25) is 5.02 Å². The van der Waals surface area contributed by atoms with Gasteiger partial charge in [0.2, 0.25) is 5.91 Å². The number of ether oxygens (including phenoxy) is 2. The molecular formula is C32H50ClNO6. The molecule has 0 fully saturated rings. The Morgan fingerprint density at radius 3 is 2.00 bits per heavy atom. The molecule has 1 N–H and O–H groups in total. The number of nitrogens with one attached hydrogen (secondary N) is 1. The molecule has 0 saturated carbocycles. The van der Waals surface area contributed by atoms with Gasteiger partial charge in [0.25, 0.3) is 0 Å². The van der Waals surface area contributed by atoms with Gasteiger partial charge in [0.15, 0.2) is 6.10 Å². The topological polar surface area (TPSA) is 98.8 Å². The fourth-order valence-electron chi connectivity index (χ4n) is 4.02. The Hall–Kier alpha value is -2.41. The molecule has 0 heterocycles. The van der Waals surface area contributed by atoms with E-state index in [1.807, 2.05) is 6.92 Å². The van der Waals surface area contributed by atoms with Gasteiger partial charge in [-0.25, -0.2) is 9.59 Å². The summed E-state index contributed by atoms with van der Waals surface area (Å²) in [5.41, 5.74) is -0.329. The summed E-state index contributed by atoms with van der Waals surface area (Å²) >= 11 is 6.21. The van der Waals surface area contributed by atoms with E-state index in [0.29, 0.717) is 19.4 Å². The number of esters is 2. The number of unbranched alkanes of at least 4 members (excludes halogenated alkanes) is 10. The maximum Gasteiger partial charge on any atom is 0.347 e. The van der Waals surface area contributed by atoms with E-state index in [9.17, 15) is 19.2 Å². The smallest absolute Gasteiger partial charge is 0.347 e. The lowest BCUT2D eigenvalue weighted by atomic mass is 9.89. The Morgan fingerprint density at radius 1 is 0.850 bits per heavy atom. The number of hydrogen-bond acceptors (Lipinski definition) is 6. The highest BCUT2D eigenvalue weighted by Crippen LogP contribution is 2.25. The number of carbonyl (C=O) groups is 4. The van der Waals surface area contributed by atoms with Crippen molar-refractivity contribution in [2.45, 2.75) is 131 Å². The van der Waals surface area contributed by atoms with E-state index < -0.39 is 29.4 Å². The molecule has 0 bridgehead atoms. The number of amides is 1. The van der Waals surface area contributed by atoms with Crippen LogP contribution in [0, 0.1) is 5.41 Å². The number of benzene rings is 1. The molecule has 1 aromatic rings. The van der Waals surface area contributed by atoms with Crippen molar-refractivity contribution in [3.05, 3.63) is 28.8 Å². The third kappa shape index (κ3) is 14.8. The normalized spacial score (nSPS) is 12.1. The number of carbonyl (C=O) groups excluding carboxylic acids is 4. The molecule has 226 valence electrons. The molecule has 0 saturated heterocycles. The number of halogens is 1. The lowest BCUT2D eigenvalue weighted by Crippen LogP contribution is -2.29. The predicted octanol–water partition coefficient (Wildman–Crippen LogP) is 8.46. The molecule has 8 heteroatoms. The van der Waals surface area contributed by atoms with Crippen LogP contribution in [0.15, 0.2) is 18.2 Å². The minimum Gasteiger partial charge on any atom is -0.463 e. The van der Waals surface area contributed by atoms with Gasteiger partial charge >= 0.3 is 11.9 Å². The number of rotatable bonds is 20. The lowest BCUT2D eigenvalue weighted by Gasteiger charge is -2.18. The number of hydrogen-bond donors (Lipinski definition) is 1. The second-order valence-corrected chi connectivity index (χ2v) is 11.9. The van der Waals surface area contributed by atoms with Gasteiger partial charge in [0.05, 0.1) is 29.3 Å². The fourth-order valence-corrected chi connectivity index (χ4v) is 4.19. The van der Waals surface area contributed by atoms with E-state index in [-0.39, 0.29) is 28.5 Å². The summed E-state index contributed by atoms with van der Waals surface area (Å²) in [5.74, 6) is -1.99. The van der Waals surface area contributed by atoms with Crippen LogP contribution >= 0.6 is 11.6 Å². The van der Waals surface area contributed by atoms with Crippen LogP contribution in [0.25, 0.3) is 0 Å². The maximum atomic E-state index is 12.9. The summed E-state index contributed by atoms with van der Waals surface area (Å²) in [6, 6.07) is 4.31. The number of Topliss-reactive ketones (excluding diaryl/α,β-unsaturated/α-hetero) is 1. The van der Waals surface area contributed by atoms with Crippen molar-refractivity contribution in [3.63, 3.8) is 0 Å². The van der Waals surface area contributed by atoms with E-state index in [0.717, 1.165) is 25.7 Å². The Balaban J connectivity index is 2.60. The second-order valence-electron chi connectivity index (χ2n) is 11.5. The maximum absolute atomic E-state index is 12.9. The van der Waals surface area contributed by atoms with E-state index in [4.69, 9.17) is 21.1 Å². The average Bonchev–Trinajstić information content (AvgIpc) is 2.90. The predicted molar refractivity (Wildman–Crippen MR) is 161 cm³/mol. The quantitative estimate of drug-likeness (QED) is 0.0944. The van der Waals surface area contributed by atoms with Gasteiger partial charge in [-0.05, 0) is 37.5 Å². The van der Waals surface area contributed by atoms with Crippen molar-refractivity contribution in [3.8, 4) is 0 Å². The Bertz CT molecular complexity index is 940. The van der Waals surface area contributed by atoms with Crippen molar-refractivity contribution in [1.82, 2.24) is 0 Å². The van der Waals surface area contributed by atoms with Crippen molar-refractivity contribution >= 4 is 40.9 Å². The molecule has 0 radical (unpaired) electrons. The molecule has 0 aliphatic carbocycles. The molecule has 1 unspecified atom stereocenters. The first-order chi connectivity index (χ1) is 19.0. The summed E-state index contributed by atoms with van der Waals surface area (Å²) in [7, 11) is 0. The minimum absolute atomic E-state index is 0.130. The van der Waals surface area contributed by atoms with Crippen LogP contribution in [0.1, 0.15) is 135 Å². The monoisotopic (exact) mass is 579 g/mol. The standard InChI is InChI=1S/C32H50ClNO6/c1-6-8-10-11-12-13-14-15-16-17-21-39-31(38)27(18-9-7-2)40-30(37)24-19-20-25(33)26(22-24)34-29(36)23-28(35)32(3,4)5/h19-20,22,27H,6-18,21,23H2,1-5H3,(H,34,36). The zero-order chi connectivity index (χ0) is 30.0. The lowest BCUT2D eigenvalue weighted by molar-refractivity contribution is -0.154. The van der Waals surface area contributed by atoms with Crippen LogP contribution in [0.3, 0.4) is 0 Å². The molecule has 1 aromatic carbocycles. The van der Waals surface area contributed by atoms with Gasteiger partial charge in [0, 0.05) is 5.41 Å². The van der Waals surface area contributed by atoms with E-state index in [1.165, 1.54) is 63.1 Å². The third-order valence-corrected chi connectivity index (χ3v) is 7.04. The summed E-state index contributed by atoms with van der Waals surface area (Å²) in [6.07, 6.45) is 12.5. The first-order valence-electron chi connectivity index (χ1n) is 15.0. The second kappa shape index (κ2) is 19.6. The molecule has 1 atom stereocenters. The highest BCUT2D eigenvalue weighted by Gasteiger charge is 2.26. The molecule has 1 amide bonds. The average molecular weight is 580 g/mol. The van der Waals surface area contributed by atoms with Gasteiger partial charge in [-0.1, -0.05) is 110 Å². The number of anilines is 1. The van der Waals surface area contributed by atoms with Gasteiger partial charge in [-0.15, -0.1) is 0 Å². The Kier molecular flexibility index (Phi) is 17.5. The van der Waals surface area contributed by atoms with Crippen molar-refractivity contribution in [2.75, 3.05) is 11.9 Å². The molecule has 1 rings (SSSR count). The van der Waals surface area contributed by atoms with Crippen molar-refractivity contribution in [1.29, 1.82) is 0 Å². The molecule has 0 spiro atoms. The molecule has 7 nitrogen and oxygen atoms in total. The first-order valence-corrected chi connectivity index (χ1v) is 15.4. The fraction of sp³-hybridized carbons (Fsp3) is 0.688. The minimum atomic E-state index is -1.01. The van der Waals surface area contributed by atoms with E-state index in [2.05, 4.69) is 12.2 Å². The van der Waals surface area contributed by atoms with Crippen LogP contribution < -0.4 is 5.32 Å². The van der Waals surface area contributed by atoms with Crippen molar-refractivity contribution < 1.29 is 28.7 Å². The van der Waals surface area contributed by atoms with Crippen LogP contribution in [0.5, 0.6) is 0 Å². The van der Waals surface area contributed by atoms with Gasteiger partial charge in [0.1, 0.15) is 5.78 Å². The van der Waals surface area contributed by atoms with Gasteiger partial charge < -0.3 is 14.8 Å². The summed E-state index contributed by atoms with van der Waals surface area (Å²) in [5, 5.41) is 2.81. The molecule has 0 aliphatic heterocycles. The summed E-state index contributed by atoms with van der Waals surface area (Å²) in [4.78, 5) is 50.2. The van der Waals surface area contributed by atoms with Crippen LogP contribution in [-0.4, -0.2) is 36.3 Å². The van der Waals surface area contributed by atoms with Gasteiger partial charge in [-0.3, -0.25) is 9.59 Å². The molecule has 40 heavy (non-hydrogen) atoms. The zero-order valence-electron chi connectivity index (χ0n) is 25.2. The first kappa shape index (κ1) is 35.6. The van der Waals surface area contributed by atoms with Crippen LogP contribution in [-0.2, 0) is 23.9 Å². The SMILES string of the molecule is CCCCCCCCCCCCOC(=O)C(CCCC)OC(=O)c1ccc(Cl)c(NC(=O)CC(=O)C(C)(C)C)c1. The summed E-state index contributed by atoms with van der Waals surface area (Å²) < 4.78 is 11.0. The Morgan fingerprint density at radius 2 is 1.43 bits per heavy atom. The van der Waals surface area contributed by atoms with Gasteiger partial charge in [-0.2, -0.15) is 0 Å². The summed E-state index contributed by atoms with van der Waals surface area (Å²) in [6.45, 7) is 9.74. The molecule has 0 aliphatic rings. The van der Waals surface area contributed by atoms with Crippen molar-refractivity contribution in [2.24, 2.45) is 5.41 Å². The van der Waals surface area contributed by atoms with E-state index >= 15 is 0 Å².